The van der Waals surface area contributed by atoms with Gasteiger partial charge in [-0.3, -0.25) is 15.0 Å². The van der Waals surface area contributed by atoms with Gasteiger partial charge < -0.3 is 14.5 Å². The fraction of sp³-hybridized carbons (Fsp3) is 0.318. The van der Waals surface area contributed by atoms with Crippen LogP contribution in [0.15, 0.2) is 54.6 Å². The van der Waals surface area contributed by atoms with Gasteiger partial charge in [-0.1, -0.05) is 30.3 Å². The van der Waals surface area contributed by atoms with Gasteiger partial charge in [0.25, 0.3) is 5.91 Å². The third-order valence-electron chi connectivity index (χ3n) is 5.03. The Morgan fingerprint density at radius 3 is 2.13 bits per heavy atom. The highest BCUT2D eigenvalue weighted by Gasteiger charge is 2.24. The van der Waals surface area contributed by atoms with E-state index in [1.807, 2.05) is 30.3 Å². The normalized spacial score (nSPS) is 13.5. The van der Waals surface area contributed by atoms with Gasteiger partial charge in [0.05, 0.1) is 7.11 Å². The molecule has 0 aliphatic carbocycles. The van der Waals surface area contributed by atoms with Crippen LogP contribution in [0.5, 0.6) is 5.75 Å². The number of urea groups is 1. The summed E-state index contributed by atoms with van der Waals surface area (Å²) in [6.07, 6.45) is 1.08. The maximum Gasteiger partial charge on any atom is 0.336 e. The maximum absolute atomic E-state index is 12.5. The number of amides is 4. The molecular formula is C22H26N4O4. The van der Waals surface area contributed by atoms with Crippen molar-refractivity contribution in [3.63, 3.8) is 0 Å². The van der Waals surface area contributed by atoms with Gasteiger partial charge in [-0.2, -0.15) is 0 Å². The first-order chi connectivity index (χ1) is 14.6. The Kier molecular flexibility index (Phi) is 7.26. The van der Waals surface area contributed by atoms with E-state index in [4.69, 9.17) is 4.74 Å². The Morgan fingerprint density at radius 2 is 1.50 bits per heavy atom. The van der Waals surface area contributed by atoms with Crippen LogP contribution in [-0.4, -0.2) is 60.9 Å². The quantitative estimate of drug-likeness (QED) is 0.736. The van der Waals surface area contributed by atoms with E-state index in [1.54, 1.807) is 41.2 Å². The van der Waals surface area contributed by atoms with Gasteiger partial charge in [0.2, 0.25) is 5.91 Å². The van der Waals surface area contributed by atoms with Gasteiger partial charge in [-0.25, -0.2) is 10.2 Å². The summed E-state index contributed by atoms with van der Waals surface area (Å²) in [7, 11) is 1.62. The van der Waals surface area contributed by atoms with E-state index >= 15 is 0 Å². The van der Waals surface area contributed by atoms with Crippen molar-refractivity contribution in [3.05, 3.63) is 65.7 Å². The summed E-state index contributed by atoms with van der Waals surface area (Å²) >= 11 is 0. The molecule has 1 aliphatic rings. The number of aryl methyl sites for hydroxylation is 1. The lowest BCUT2D eigenvalue weighted by Gasteiger charge is -2.34. The summed E-state index contributed by atoms with van der Waals surface area (Å²) < 4.78 is 5.14. The van der Waals surface area contributed by atoms with Crippen molar-refractivity contribution in [2.24, 2.45) is 0 Å². The summed E-state index contributed by atoms with van der Waals surface area (Å²) in [6.45, 7) is 1.78. The van der Waals surface area contributed by atoms with Crippen LogP contribution in [0.3, 0.4) is 0 Å². The number of nitrogens with one attached hydrogen (secondary N) is 2. The van der Waals surface area contributed by atoms with E-state index in [0.717, 1.165) is 11.3 Å². The van der Waals surface area contributed by atoms with E-state index < -0.39 is 0 Å². The number of rotatable bonds is 5. The standard InChI is InChI=1S/C22H26N4O4/c1-30-19-10-7-17(8-11-19)9-12-20(27)25-13-15-26(16-14-25)22(29)24-23-21(28)18-5-3-2-4-6-18/h2-8,10-11H,9,12-16H2,1H3,(H,23,28)(H,24,29). The average Bonchev–Trinajstić information content (AvgIpc) is 2.81. The Labute approximate surface area is 175 Å². The molecule has 0 bridgehead atoms. The molecule has 1 fully saturated rings. The summed E-state index contributed by atoms with van der Waals surface area (Å²) in [6, 6.07) is 15.9. The van der Waals surface area contributed by atoms with Crippen LogP contribution in [0.4, 0.5) is 4.79 Å². The fourth-order valence-corrected chi connectivity index (χ4v) is 3.21. The monoisotopic (exact) mass is 410 g/mol. The van der Waals surface area contributed by atoms with E-state index in [2.05, 4.69) is 10.9 Å². The Hall–Kier alpha value is -3.55. The van der Waals surface area contributed by atoms with Crippen molar-refractivity contribution >= 4 is 17.8 Å². The van der Waals surface area contributed by atoms with Crippen LogP contribution in [0.25, 0.3) is 0 Å². The first-order valence-electron chi connectivity index (χ1n) is 9.88. The number of hydrazine groups is 1. The van der Waals surface area contributed by atoms with Crippen LogP contribution in [0.1, 0.15) is 22.3 Å². The number of piperazine rings is 1. The van der Waals surface area contributed by atoms with E-state index in [9.17, 15) is 14.4 Å². The molecule has 1 saturated heterocycles. The van der Waals surface area contributed by atoms with Crippen molar-refractivity contribution in [1.29, 1.82) is 0 Å². The second-order valence-electron chi connectivity index (χ2n) is 6.97. The number of carbonyl (C=O) groups is 3. The molecule has 0 atom stereocenters. The lowest BCUT2D eigenvalue weighted by Crippen LogP contribution is -2.56. The Morgan fingerprint density at radius 1 is 0.867 bits per heavy atom. The topological polar surface area (TPSA) is 91.0 Å². The van der Waals surface area contributed by atoms with Gasteiger partial charge in [-0.15, -0.1) is 0 Å². The molecule has 8 nitrogen and oxygen atoms in total. The minimum atomic E-state index is -0.385. The van der Waals surface area contributed by atoms with Gasteiger partial charge >= 0.3 is 6.03 Å². The highest BCUT2D eigenvalue weighted by molar-refractivity contribution is 5.95. The fourth-order valence-electron chi connectivity index (χ4n) is 3.21. The molecule has 4 amide bonds. The highest BCUT2D eigenvalue weighted by Crippen LogP contribution is 2.13. The second kappa shape index (κ2) is 10.3. The molecule has 0 saturated carbocycles. The summed E-state index contributed by atoms with van der Waals surface area (Å²) in [4.78, 5) is 40.1. The van der Waals surface area contributed by atoms with Crippen LogP contribution in [0, 0.1) is 0 Å². The maximum atomic E-state index is 12.5. The molecule has 1 aliphatic heterocycles. The number of benzene rings is 2. The van der Waals surface area contributed by atoms with Gasteiger partial charge in [0.15, 0.2) is 0 Å². The summed E-state index contributed by atoms with van der Waals surface area (Å²) in [5, 5.41) is 0. The largest absolute Gasteiger partial charge is 0.497 e. The molecule has 2 N–H and O–H groups in total. The predicted molar refractivity (Wildman–Crippen MR) is 112 cm³/mol. The summed E-state index contributed by atoms with van der Waals surface area (Å²) in [5.74, 6) is 0.485. The minimum absolute atomic E-state index is 0.0725. The third kappa shape index (κ3) is 5.73. The SMILES string of the molecule is COc1ccc(CCC(=O)N2CCN(C(=O)NNC(=O)c3ccccc3)CC2)cc1. The number of hydrogen-bond acceptors (Lipinski definition) is 4. The predicted octanol–water partition coefficient (Wildman–Crippen LogP) is 1.83. The third-order valence-corrected chi connectivity index (χ3v) is 5.03. The number of hydrogen-bond donors (Lipinski definition) is 2. The molecule has 1 heterocycles. The van der Waals surface area contributed by atoms with Crippen LogP contribution < -0.4 is 15.6 Å². The van der Waals surface area contributed by atoms with Crippen LogP contribution >= 0.6 is 0 Å². The lowest BCUT2D eigenvalue weighted by molar-refractivity contribution is -0.132. The summed E-state index contributed by atoms with van der Waals surface area (Å²) in [5.41, 5.74) is 6.37. The number of nitrogens with zero attached hydrogens (tertiary/aromatic N) is 2. The van der Waals surface area contributed by atoms with Crippen molar-refractivity contribution < 1.29 is 19.1 Å². The van der Waals surface area contributed by atoms with Crippen LogP contribution in [0.2, 0.25) is 0 Å². The zero-order valence-corrected chi connectivity index (χ0v) is 17.0. The molecule has 30 heavy (non-hydrogen) atoms. The minimum Gasteiger partial charge on any atom is -0.497 e. The zero-order chi connectivity index (χ0) is 21.3. The van der Waals surface area contributed by atoms with Crippen molar-refractivity contribution in [2.75, 3.05) is 33.3 Å². The molecule has 2 aromatic rings. The van der Waals surface area contributed by atoms with Gasteiger partial charge in [0, 0.05) is 38.2 Å². The van der Waals surface area contributed by atoms with Crippen molar-refractivity contribution in [2.45, 2.75) is 12.8 Å². The van der Waals surface area contributed by atoms with E-state index in [1.165, 1.54) is 0 Å². The number of ether oxygens (including phenoxy) is 1. The average molecular weight is 410 g/mol. The molecular weight excluding hydrogens is 384 g/mol. The van der Waals surface area contributed by atoms with Gasteiger partial charge in [0.1, 0.15) is 5.75 Å². The first-order valence-corrected chi connectivity index (χ1v) is 9.88. The number of carbonyl (C=O) groups excluding carboxylic acids is 3. The zero-order valence-electron chi connectivity index (χ0n) is 17.0. The Bertz CT molecular complexity index is 862. The second-order valence-corrected chi connectivity index (χ2v) is 6.97. The van der Waals surface area contributed by atoms with E-state index in [-0.39, 0.29) is 17.8 Å². The lowest BCUT2D eigenvalue weighted by atomic mass is 10.1. The molecule has 3 rings (SSSR count). The van der Waals surface area contributed by atoms with Crippen molar-refractivity contribution in [3.8, 4) is 5.75 Å². The van der Waals surface area contributed by atoms with Crippen molar-refractivity contribution in [1.82, 2.24) is 20.7 Å². The molecule has 2 aromatic carbocycles. The molecule has 0 unspecified atom stereocenters. The first kappa shape index (κ1) is 21.2. The number of methoxy groups -OCH3 is 1. The molecule has 0 aromatic heterocycles. The molecule has 0 spiro atoms. The molecule has 158 valence electrons. The molecule has 0 radical (unpaired) electrons. The van der Waals surface area contributed by atoms with E-state index in [0.29, 0.717) is 44.6 Å². The molecule has 8 heteroatoms. The Balaban J connectivity index is 1.38. The highest BCUT2D eigenvalue weighted by atomic mass is 16.5. The smallest absolute Gasteiger partial charge is 0.336 e. The van der Waals surface area contributed by atoms with Gasteiger partial charge in [-0.05, 0) is 36.2 Å². The van der Waals surface area contributed by atoms with Crippen LogP contribution in [-0.2, 0) is 11.2 Å².